The first-order chi connectivity index (χ1) is 11.3. The van der Waals surface area contributed by atoms with Crippen LogP contribution in [-0.2, 0) is 17.6 Å². The summed E-state index contributed by atoms with van der Waals surface area (Å²) in [6.07, 6.45) is 3.49. The molecule has 0 aliphatic carbocycles. The number of carbonyl (C=O) groups is 1. The maximum absolute atomic E-state index is 12.1. The van der Waals surface area contributed by atoms with Crippen LogP contribution in [0.2, 0.25) is 0 Å². The molecule has 1 N–H and O–H groups in total. The van der Waals surface area contributed by atoms with Gasteiger partial charge in [0.1, 0.15) is 0 Å². The van der Waals surface area contributed by atoms with Gasteiger partial charge in [-0.15, -0.1) is 0 Å². The molecule has 3 nitrogen and oxygen atoms in total. The fourth-order valence-corrected chi connectivity index (χ4v) is 3.17. The molecule has 0 bridgehead atoms. The van der Waals surface area contributed by atoms with Gasteiger partial charge in [0.25, 0.3) is 0 Å². The van der Waals surface area contributed by atoms with Gasteiger partial charge in [-0.05, 0) is 49.4 Å². The second kappa shape index (κ2) is 7.32. The summed E-state index contributed by atoms with van der Waals surface area (Å²) >= 11 is 0. The third-order valence-electron chi connectivity index (χ3n) is 4.45. The SMILES string of the molecule is CCN1CCc2ccc(NC(=O)CCCc3ccccc3)cc21. The Balaban J connectivity index is 1.52. The van der Waals surface area contributed by atoms with Crippen LogP contribution < -0.4 is 10.2 Å². The van der Waals surface area contributed by atoms with Crippen molar-refractivity contribution in [3.8, 4) is 0 Å². The molecule has 2 aromatic carbocycles. The van der Waals surface area contributed by atoms with Crippen molar-refractivity contribution in [2.75, 3.05) is 23.3 Å². The van der Waals surface area contributed by atoms with Crippen LogP contribution in [0.25, 0.3) is 0 Å². The van der Waals surface area contributed by atoms with E-state index in [0.717, 1.165) is 38.0 Å². The average molecular weight is 308 g/mol. The highest BCUT2D eigenvalue weighted by Gasteiger charge is 2.18. The predicted octanol–water partition coefficient (Wildman–Crippen LogP) is 4.03. The molecule has 0 fully saturated rings. The van der Waals surface area contributed by atoms with Crippen LogP contribution in [-0.4, -0.2) is 19.0 Å². The highest BCUT2D eigenvalue weighted by Crippen LogP contribution is 2.30. The number of carbonyl (C=O) groups excluding carboxylic acids is 1. The molecule has 0 spiro atoms. The van der Waals surface area contributed by atoms with Crippen LogP contribution in [0.5, 0.6) is 0 Å². The summed E-state index contributed by atoms with van der Waals surface area (Å²) in [5, 5.41) is 3.04. The molecule has 0 radical (unpaired) electrons. The van der Waals surface area contributed by atoms with Gasteiger partial charge in [0, 0.05) is 30.9 Å². The van der Waals surface area contributed by atoms with Crippen molar-refractivity contribution < 1.29 is 4.79 Å². The van der Waals surface area contributed by atoms with E-state index in [1.807, 2.05) is 24.3 Å². The molecule has 3 heteroatoms. The second-order valence-electron chi connectivity index (χ2n) is 6.06. The Bertz CT molecular complexity index is 667. The first kappa shape index (κ1) is 15.6. The van der Waals surface area contributed by atoms with E-state index in [4.69, 9.17) is 0 Å². The van der Waals surface area contributed by atoms with Crippen LogP contribution in [0.1, 0.15) is 30.9 Å². The summed E-state index contributed by atoms with van der Waals surface area (Å²) in [5.74, 6) is 0.0990. The monoisotopic (exact) mass is 308 g/mol. The molecule has 1 amide bonds. The molecule has 120 valence electrons. The minimum absolute atomic E-state index is 0.0990. The topological polar surface area (TPSA) is 32.3 Å². The van der Waals surface area contributed by atoms with Crippen LogP contribution in [0.4, 0.5) is 11.4 Å². The molecule has 0 saturated carbocycles. The van der Waals surface area contributed by atoms with Gasteiger partial charge in [-0.3, -0.25) is 4.79 Å². The zero-order valence-electron chi connectivity index (χ0n) is 13.7. The molecule has 1 aliphatic heterocycles. The number of anilines is 2. The number of likely N-dealkylation sites (N-methyl/N-ethyl adjacent to an activating group) is 1. The Morgan fingerprint density at radius 2 is 2.00 bits per heavy atom. The van der Waals surface area contributed by atoms with Gasteiger partial charge in [0.15, 0.2) is 0 Å². The summed E-state index contributed by atoms with van der Waals surface area (Å²) in [6.45, 7) is 4.27. The van der Waals surface area contributed by atoms with Gasteiger partial charge >= 0.3 is 0 Å². The number of nitrogens with zero attached hydrogens (tertiary/aromatic N) is 1. The number of nitrogens with one attached hydrogen (secondary N) is 1. The predicted molar refractivity (Wildman–Crippen MR) is 96.0 cm³/mol. The quantitative estimate of drug-likeness (QED) is 0.874. The summed E-state index contributed by atoms with van der Waals surface area (Å²) in [4.78, 5) is 14.5. The van der Waals surface area contributed by atoms with E-state index in [1.165, 1.54) is 16.8 Å². The molecule has 0 unspecified atom stereocenters. The van der Waals surface area contributed by atoms with E-state index < -0.39 is 0 Å². The van der Waals surface area contributed by atoms with Crippen molar-refractivity contribution >= 4 is 17.3 Å². The van der Waals surface area contributed by atoms with Crippen LogP contribution in [0.15, 0.2) is 48.5 Å². The number of fused-ring (bicyclic) bond motifs is 1. The van der Waals surface area contributed by atoms with Crippen molar-refractivity contribution in [1.82, 2.24) is 0 Å². The van der Waals surface area contributed by atoms with Gasteiger partial charge in [0.05, 0.1) is 0 Å². The van der Waals surface area contributed by atoms with Crippen LogP contribution >= 0.6 is 0 Å². The van der Waals surface area contributed by atoms with Gasteiger partial charge in [-0.1, -0.05) is 36.4 Å². The van der Waals surface area contributed by atoms with Crippen molar-refractivity contribution in [3.63, 3.8) is 0 Å². The lowest BCUT2D eigenvalue weighted by Crippen LogP contribution is -2.19. The first-order valence-corrected chi connectivity index (χ1v) is 8.48. The van der Waals surface area contributed by atoms with E-state index in [1.54, 1.807) is 0 Å². The zero-order valence-corrected chi connectivity index (χ0v) is 13.7. The number of hydrogen-bond donors (Lipinski definition) is 1. The number of aryl methyl sites for hydroxylation is 1. The van der Waals surface area contributed by atoms with Crippen molar-refractivity contribution in [3.05, 3.63) is 59.7 Å². The summed E-state index contributed by atoms with van der Waals surface area (Å²) in [6, 6.07) is 16.6. The Kier molecular flexibility index (Phi) is 4.96. The van der Waals surface area contributed by atoms with Crippen LogP contribution in [0.3, 0.4) is 0 Å². The molecule has 0 aromatic heterocycles. The minimum atomic E-state index is 0.0990. The molecular formula is C20H24N2O. The van der Waals surface area contributed by atoms with Crippen LogP contribution in [0, 0.1) is 0 Å². The molecule has 23 heavy (non-hydrogen) atoms. The normalized spacial score (nSPS) is 13.0. The van der Waals surface area contributed by atoms with E-state index in [-0.39, 0.29) is 5.91 Å². The van der Waals surface area contributed by atoms with Crippen molar-refractivity contribution in [1.29, 1.82) is 0 Å². The highest BCUT2D eigenvalue weighted by atomic mass is 16.1. The number of benzene rings is 2. The summed E-state index contributed by atoms with van der Waals surface area (Å²) in [5.41, 5.74) is 4.86. The first-order valence-electron chi connectivity index (χ1n) is 8.48. The lowest BCUT2D eigenvalue weighted by molar-refractivity contribution is -0.116. The molecule has 0 atom stereocenters. The fourth-order valence-electron chi connectivity index (χ4n) is 3.17. The van der Waals surface area contributed by atoms with Gasteiger partial charge < -0.3 is 10.2 Å². The molecule has 3 rings (SSSR count). The lowest BCUT2D eigenvalue weighted by Gasteiger charge is -2.17. The molecule has 1 aliphatic rings. The molecule has 1 heterocycles. The van der Waals surface area contributed by atoms with E-state index in [2.05, 4.69) is 41.4 Å². The maximum atomic E-state index is 12.1. The van der Waals surface area contributed by atoms with Gasteiger partial charge in [-0.25, -0.2) is 0 Å². The Morgan fingerprint density at radius 3 is 2.78 bits per heavy atom. The van der Waals surface area contributed by atoms with Gasteiger partial charge in [-0.2, -0.15) is 0 Å². The van der Waals surface area contributed by atoms with Crippen molar-refractivity contribution in [2.45, 2.75) is 32.6 Å². The molecular weight excluding hydrogens is 284 g/mol. The Hall–Kier alpha value is -2.29. The second-order valence-corrected chi connectivity index (χ2v) is 6.06. The smallest absolute Gasteiger partial charge is 0.224 e. The Labute approximate surface area is 138 Å². The standard InChI is InChI=1S/C20H24N2O/c1-2-22-14-13-17-11-12-18(15-19(17)22)21-20(23)10-6-9-16-7-4-3-5-8-16/h3-5,7-8,11-12,15H,2,6,9-10,13-14H2,1H3,(H,21,23). The minimum Gasteiger partial charge on any atom is -0.371 e. The number of rotatable bonds is 6. The zero-order chi connectivity index (χ0) is 16.1. The lowest BCUT2D eigenvalue weighted by atomic mass is 10.1. The van der Waals surface area contributed by atoms with E-state index in [0.29, 0.717) is 6.42 Å². The fraction of sp³-hybridized carbons (Fsp3) is 0.350. The third-order valence-corrected chi connectivity index (χ3v) is 4.45. The molecule has 0 saturated heterocycles. The third kappa shape index (κ3) is 3.92. The van der Waals surface area contributed by atoms with E-state index in [9.17, 15) is 4.79 Å². The van der Waals surface area contributed by atoms with E-state index >= 15 is 0 Å². The maximum Gasteiger partial charge on any atom is 0.224 e. The largest absolute Gasteiger partial charge is 0.371 e. The average Bonchev–Trinajstić information content (AvgIpc) is 2.98. The Morgan fingerprint density at radius 1 is 1.17 bits per heavy atom. The molecule has 2 aromatic rings. The highest BCUT2D eigenvalue weighted by molar-refractivity contribution is 5.91. The van der Waals surface area contributed by atoms with Crippen molar-refractivity contribution in [2.24, 2.45) is 0 Å². The number of hydrogen-bond acceptors (Lipinski definition) is 2. The number of amides is 1. The van der Waals surface area contributed by atoms with Gasteiger partial charge in [0.2, 0.25) is 5.91 Å². The summed E-state index contributed by atoms with van der Waals surface area (Å²) < 4.78 is 0. The summed E-state index contributed by atoms with van der Waals surface area (Å²) in [7, 11) is 0.